The molecule has 0 radical (unpaired) electrons. The highest BCUT2D eigenvalue weighted by molar-refractivity contribution is 5.99. The van der Waals surface area contributed by atoms with Crippen LogP contribution < -0.4 is 15.2 Å². The average molecular weight is 555 g/mol. The van der Waals surface area contributed by atoms with Gasteiger partial charge in [0.25, 0.3) is 0 Å². The number of fused-ring (bicyclic) bond motifs is 2. The first kappa shape index (κ1) is 26.3. The lowest BCUT2D eigenvalue weighted by atomic mass is 9.88. The predicted molar refractivity (Wildman–Crippen MR) is 148 cm³/mol. The SMILES string of the molecule is COc1cc(C(N)=O)cc2ccc(C[C@](C)(O)c3cc4c(c(-c5ccc(F)cc5)n3)OC[C@]4(C)n3cnnc3)nc12. The van der Waals surface area contributed by atoms with Crippen molar-refractivity contribution in [2.45, 2.75) is 31.4 Å². The number of aromatic nitrogens is 5. The van der Waals surface area contributed by atoms with Crippen LogP contribution in [0.25, 0.3) is 22.2 Å². The van der Waals surface area contributed by atoms with E-state index in [1.165, 1.54) is 19.2 Å². The first-order valence-corrected chi connectivity index (χ1v) is 12.9. The van der Waals surface area contributed by atoms with E-state index in [9.17, 15) is 14.3 Å². The minimum atomic E-state index is -1.47. The molecule has 0 bridgehead atoms. The quantitative estimate of drug-likeness (QED) is 0.310. The molecule has 4 heterocycles. The third-order valence-electron chi connectivity index (χ3n) is 7.55. The summed E-state index contributed by atoms with van der Waals surface area (Å²) in [6.07, 6.45) is 3.34. The largest absolute Gasteiger partial charge is 0.494 e. The molecule has 1 amide bonds. The molecule has 1 aliphatic heterocycles. The van der Waals surface area contributed by atoms with Gasteiger partial charge in [-0.3, -0.25) is 4.79 Å². The zero-order valence-corrected chi connectivity index (χ0v) is 22.6. The van der Waals surface area contributed by atoms with Crippen LogP contribution in [0.5, 0.6) is 11.5 Å². The van der Waals surface area contributed by atoms with Crippen LogP contribution in [0.4, 0.5) is 4.39 Å². The minimum absolute atomic E-state index is 0.114. The second-order valence-electron chi connectivity index (χ2n) is 10.5. The van der Waals surface area contributed by atoms with Crippen molar-refractivity contribution in [1.82, 2.24) is 24.7 Å². The summed E-state index contributed by atoms with van der Waals surface area (Å²) in [5, 5.41) is 20.5. The summed E-state index contributed by atoms with van der Waals surface area (Å²) < 4.78 is 27.3. The number of carbonyl (C=O) groups is 1. The molecule has 0 spiro atoms. The standard InChI is InChI=1S/C30H27FN6O4/c1-29(37-15-33-34-16-37)14-41-27-22(29)12-24(36-26(27)17-4-7-20(31)8-5-17)30(2,39)13-21-9-6-18-10-19(28(32)38)11-23(40-3)25(18)35-21/h4-12,15-16,39H,13-14H2,1-3H3,(H2,32,38)/t29-,30-/m0/s1. The second kappa shape index (κ2) is 9.63. The molecule has 3 N–H and O–H groups in total. The molecule has 11 heteroatoms. The van der Waals surface area contributed by atoms with Gasteiger partial charge in [0.1, 0.15) is 53.2 Å². The zero-order valence-electron chi connectivity index (χ0n) is 22.6. The van der Waals surface area contributed by atoms with Crippen molar-refractivity contribution in [3.63, 3.8) is 0 Å². The number of halogens is 1. The zero-order chi connectivity index (χ0) is 28.9. The summed E-state index contributed by atoms with van der Waals surface area (Å²) in [4.78, 5) is 21.3. The maximum atomic E-state index is 13.8. The number of rotatable bonds is 7. The summed E-state index contributed by atoms with van der Waals surface area (Å²) in [7, 11) is 1.49. The Balaban J connectivity index is 1.46. The van der Waals surface area contributed by atoms with Gasteiger partial charge in [-0.15, -0.1) is 10.2 Å². The van der Waals surface area contributed by atoms with Gasteiger partial charge in [0, 0.05) is 34.2 Å². The number of amides is 1. The summed E-state index contributed by atoms with van der Waals surface area (Å²) in [5.41, 5.74) is 7.05. The number of carbonyl (C=O) groups excluding carboxylic acids is 1. The molecule has 41 heavy (non-hydrogen) atoms. The molecule has 2 aromatic carbocycles. The molecule has 6 rings (SSSR count). The number of benzene rings is 2. The molecule has 1 aliphatic rings. The number of primary amides is 1. The van der Waals surface area contributed by atoms with Gasteiger partial charge < -0.3 is 24.9 Å². The lowest BCUT2D eigenvalue weighted by molar-refractivity contribution is 0.0520. The summed E-state index contributed by atoms with van der Waals surface area (Å²) in [6.45, 7) is 3.95. The van der Waals surface area contributed by atoms with Crippen LogP contribution >= 0.6 is 0 Å². The van der Waals surface area contributed by atoms with E-state index in [4.69, 9.17) is 25.2 Å². The number of methoxy groups -OCH3 is 1. The van der Waals surface area contributed by atoms with Crippen LogP contribution in [0, 0.1) is 5.82 Å². The van der Waals surface area contributed by atoms with Gasteiger partial charge in [-0.05, 0) is 62.4 Å². The van der Waals surface area contributed by atoms with Crippen LogP contribution in [0.3, 0.4) is 0 Å². The first-order valence-electron chi connectivity index (χ1n) is 12.9. The third kappa shape index (κ3) is 4.53. The molecule has 10 nitrogen and oxygen atoms in total. The van der Waals surface area contributed by atoms with E-state index in [1.54, 1.807) is 56.0 Å². The fraction of sp³-hybridized carbons (Fsp3) is 0.233. The molecule has 208 valence electrons. The van der Waals surface area contributed by atoms with Crippen molar-refractivity contribution in [2.24, 2.45) is 5.73 Å². The Kier molecular flexibility index (Phi) is 6.18. The Morgan fingerprint density at radius 3 is 2.56 bits per heavy atom. The molecular weight excluding hydrogens is 527 g/mol. The second-order valence-corrected chi connectivity index (χ2v) is 10.5. The van der Waals surface area contributed by atoms with Crippen molar-refractivity contribution >= 4 is 16.8 Å². The summed E-state index contributed by atoms with van der Waals surface area (Å²) >= 11 is 0. The number of nitrogens with zero attached hydrogens (tertiary/aromatic N) is 5. The van der Waals surface area contributed by atoms with Gasteiger partial charge in [0.15, 0.2) is 5.75 Å². The highest BCUT2D eigenvalue weighted by atomic mass is 19.1. The fourth-order valence-electron chi connectivity index (χ4n) is 5.20. The van der Waals surface area contributed by atoms with Gasteiger partial charge in [-0.25, -0.2) is 14.4 Å². The van der Waals surface area contributed by atoms with E-state index < -0.39 is 17.0 Å². The summed E-state index contributed by atoms with van der Waals surface area (Å²) in [5.74, 6) is 0.00365. The maximum absolute atomic E-state index is 13.8. The topological polar surface area (TPSA) is 138 Å². The van der Waals surface area contributed by atoms with Crippen LogP contribution in [0.15, 0.2) is 67.3 Å². The number of aliphatic hydroxyl groups is 1. The Hall–Kier alpha value is -4.90. The van der Waals surface area contributed by atoms with E-state index in [2.05, 4.69) is 10.2 Å². The van der Waals surface area contributed by atoms with Crippen molar-refractivity contribution in [2.75, 3.05) is 13.7 Å². The molecular formula is C30H27FN6O4. The lowest BCUT2D eigenvalue weighted by Crippen LogP contribution is -2.33. The Morgan fingerprint density at radius 1 is 1.15 bits per heavy atom. The van der Waals surface area contributed by atoms with Crippen molar-refractivity contribution in [3.8, 4) is 22.8 Å². The fourth-order valence-corrected chi connectivity index (χ4v) is 5.20. The monoisotopic (exact) mass is 554 g/mol. The van der Waals surface area contributed by atoms with E-state index in [1.807, 2.05) is 17.6 Å². The third-order valence-corrected chi connectivity index (χ3v) is 7.55. The molecule has 2 atom stereocenters. The number of hydrogen-bond acceptors (Lipinski definition) is 8. The van der Waals surface area contributed by atoms with Gasteiger partial charge in [0.05, 0.1) is 12.8 Å². The normalized spacial score (nSPS) is 17.6. The maximum Gasteiger partial charge on any atom is 0.248 e. The molecule has 0 unspecified atom stereocenters. The molecule has 0 saturated heterocycles. The van der Waals surface area contributed by atoms with Gasteiger partial charge in [-0.1, -0.05) is 6.07 Å². The molecule has 0 aliphatic carbocycles. The van der Waals surface area contributed by atoms with E-state index in [0.717, 1.165) is 5.56 Å². The van der Waals surface area contributed by atoms with Gasteiger partial charge in [0.2, 0.25) is 5.91 Å². The molecule has 5 aromatic rings. The van der Waals surface area contributed by atoms with Crippen LogP contribution in [-0.2, 0) is 17.6 Å². The molecule has 0 fully saturated rings. The number of ether oxygens (including phenoxy) is 2. The minimum Gasteiger partial charge on any atom is -0.494 e. The highest BCUT2D eigenvalue weighted by Gasteiger charge is 2.42. The Labute approximate surface area is 234 Å². The number of nitrogens with two attached hydrogens (primary N) is 1. The Bertz CT molecular complexity index is 1790. The average Bonchev–Trinajstić information content (AvgIpc) is 3.62. The smallest absolute Gasteiger partial charge is 0.248 e. The van der Waals surface area contributed by atoms with Crippen molar-refractivity contribution < 1.29 is 23.8 Å². The van der Waals surface area contributed by atoms with Crippen molar-refractivity contribution in [1.29, 1.82) is 0 Å². The van der Waals surface area contributed by atoms with Gasteiger partial charge >= 0.3 is 0 Å². The van der Waals surface area contributed by atoms with E-state index >= 15 is 0 Å². The summed E-state index contributed by atoms with van der Waals surface area (Å²) in [6, 6.07) is 14.6. The van der Waals surface area contributed by atoms with Crippen LogP contribution in [0.2, 0.25) is 0 Å². The van der Waals surface area contributed by atoms with Crippen LogP contribution in [-0.4, -0.2) is 49.5 Å². The Morgan fingerprint density at radius 2 is 1.88 bits per heavy atom. The number of pyridine rings is 2. The highest BCUT2D eigenvalue weighted by Crippen LogP contribution is 2.46. The molecule has 0 saturated carbocycles. The van der Waals surface area contributed by atoms with Crippen molar-refractivity contribution in [3.05, 3.63) is 95.6 Å². The van der Waals surface area contributed by atoms with Crippen LogP contribution in [0.1, 0.15) is 41.2 Å². The lowest BCUT2D eigenvalue weighted by Gasteiger charge is -2.27. The number of hydrogen-bond donors (Lipinski definition) is 2. The first-order chi connectivity index (χ1) is 19.6. The van der Waals surface area contributed by atoms with E-state index in [-0.39, 0.29) is 12.2 Å². The molecule has 3 aromatic heterocycles. The van der Waals surface area contributed by atoms with Gasteiger partial charge in [-0.2, -0.15) is 0 Å². The predicted octanol–water partition coefficient (Wildman–Crippen LogP) is 3.74. The van der Waals surface area contributed by atoms with E-state index in [0.29, 0.717) is 57.2 Å².